The number of aryl methyl sites for hydroxylation is 1. The van der Waals surface area contributed by atoms with Crippen LogP contribution in [0.15, 0.2) is 46.9 Å². The van der Waals surface area contributed by atoms with Gasteiger partial charge in [-0.15, -0.1) is 0 Å². The van der Waals surface area contributed by atoms with Gasteiger partial charge >= 0.3 is 6.18 Å². The number of alkyl halides is 3. The number of furan rings is 1. The Labute approximate surface area is 132 Å². The fourth-order valence-corrected chi connectivity index (χ4v) is 2.02. The zero-order valence-electron chi connectivity index (χ0n) is 12.7. The molecule has 1 aromatic heterocycles. The van der Waals surface area contributed by atoms with Gasteiger partial charge in [-0.3, -0.25) is 4.79 Å². The predicted octanol–water partition coefficient (Wildman–Crippen LogP) is 4.28. The maximum Gasteiger partial charge on any atom is 0.416 e. The van der Waals surface area contributed by atoms with Crippen LogP contribution in [0.3, 0.4) is 0 Å². The van der Waals surface area contributed by atoms with E-state index < -0.39 is 11.7 Å². The summed E-state index contributed by atoms with van der Waals surface area (Å²) in [6.45, 7) is 1.88. The second kappa shape index (κ2) is 6.73. The van der Waals surface area contributed by atoms with Crippen LogP contribution in [-0.2, 0) is 17.5 Å². The van der Waals surface area contributed by atoms with Gasteiger partial charge in [0.05, 0.1) is 5.56 Å². The van der Waals surface area contributed by atoms with E-state index in [4.69, 9.17) is 4.42 Å². The van der Waals surface area contributed by atoms with Gasteiger partial charge in [-0.1, -0.05) is 12.1 Å². The first-order valence-electron chi connectivity index (χ1n) is 6.91. The Bertz CT molecular complexity index is 717. The minimum Gasteiger partial charge on any atom is -0.462 e. The molecule has 2 aromatic rings. The Morgan fingerprint density at radius 2 is 2.00 bits per heavy atom. The number of hydrogen-bond donors (Lipinski definition) is 0. The average molecular weight is 323 g/mol. The first-order valence-corrected chi connectivity index (χ1v) is 6.91. The summed E-state index contributed by atoms with van der Waals surface area (Å²) in [7, 11) is 1.53. The summed E-state index contributed by atoms with van der Waals surface area (Å²) in [6, 6.07) is 8.44. The number of likely N-dealkylation sites (N-methyl/N-ethyl adjacent to an activating group) is 1. The Balaban J connectivity index is 2.02. The number of halogens is 3. The molecule has 122 valence electrons. The van der Waals surface area contributed by atoms with E-state index in [1.165, 1.54) is 30.2 Å². The lowest BCUT2D eigenvalue weighted by Crippen LogP contribution is -2.24. The molecule has 0 aliphatic rings. The van der Waals surface area contributed by atoms with Crippen molar-refractivity contribution in [3.8, 4) is 0 Å². The molecule has 0 bridgehead atoms. The molecule has 3 nitrogen and oxygen atoms in total. The molecule has 0 aliphatic carbocycles. The minimum absolute atomic E-state index is 0.0876. The highest BCUT2D eigenvalue weighted by molar-refractivity contribution is 5.91. The summed E-state index contributed by atoms with van der Waals surface area (Å²) in [4.78, 5) is 13.3. The fourth-order valence-electron chi connectivity index (χ4n) is 2.02. The van der Waals surface area contributed by atoms with E-state index in [-0.39, 0.29) is 12.5 Å². The van der Waals surface area contributed by atoms with Crippen LogP contribution in [0.1, 0.15) is 22.6 Å². The van der Waals surface area contributed by atoms with E-state index in [0.717, 1.165) is 17.9 Å². The van der Waals surface area contributed by atoms with E-state index in [1.807, 2.05) is 0 Å². The normalized spacial score (nSPS) is 11.9. The summed E-state index contributed by atoms with van der Waals surface area (Å²) in [5, 5.41) is 0. The number of rotatable bonds is 4. The number of carbonyl (C=O) groups is 1. The molecule has 6 heteroatoms. The van der Waals surface area contributed by atoms with Crippen LogP contribution in [0.25, 0.3) is 6.08 Å². The molecule has 0 radical (unpaired) electrons. The quantitative estimate of drug-likeness (QED) is 0.787. The van der Waals surface area contributed by atoms with Gasteiger partial charge in [0.2, 0.25) is 5.91 Å². The van der Waals surface area contributed by atoms with Crippen molar-refractivity contribution in [1.82, 2.24) is 4.90 Å². The molecule has 0 N–H and O–H groups in total. The van der Waals surface area contributed by atoms with Gasteiger partial charge in [0.1, 0.15) is 11.5 Å². The fraction of sp³-hybridized carbons (Fsp3) is 0.235. The van der Waals surface area contributed by atoms with E-state index in [1.54, 1.807) is 25.1 Å². The largest absolute Gasteiger partial charge is 0.462 e. The third-order valence-corrected chi connectivity index (χ3v) is 3.20. The Kier molecular flexibility index (Phi) is 4.93. The molecule has 0 saturated carbocycles. The van der Waals surface area contributed by atoms with Crippen LogP contribution in [0, 0.1) is 6.92 Å². The van der Waals surface area contributed by atoms with Crippen molar-refractivity contribution in [2.24, 2.45) is 0 Å². The summed E-state index contributed by atoms with van der Waals surface area (Å²) in [6.07, 6.45) is -1.54. The number of nitrogens with zero attached hydrogens (tertiary/aromatic N) is 1. The van der Waals surface area contributed by atoms with Gasteiger partial charge in [0, 0.05) is 19.7 Å². The lowest BCUT2D eigenvalue weighted by Gasteiger charge is -2.16. The zero-order valence-corrected chi connectivity index (χ0v) is 12.7. The number of amides is 1. The van der Waals surface area contributed by atoms with Crippen molar-refractivity contribution in [2.75, 3.05) is 7.05 Å². The molecule has 0 atom stereocenters. The number of hydrogen-bond acceptors (Lipinski definition) is 2. The minimum atomic E-state index is -4.39. The van der Waals surface area contributed by atoms with Gasteiger partial charge in [-0.05, 0) is 42.8 Å². The van der Waals surface area contributed by atoms with Gasteiger partial charge in [0.15, 0.2) is 0 Å². The second-order valence-electron chi connectivity index (χ2n) is 5.17. The zero-order chi connectivity index (χ0) is 17.0. The summed E-state index contributed by atoms with van der Waals surface area (Å²) in [5.41, 5.74) is -0.310. The maximum atomic E-state index is 12.7. The number of carbonyl (C=O) groups excluding carboxylic acids is 1. The van der Waals surface area contributed by atoms with Crippen LogP contribution in [0.2, 0.25) is 0 Å². The smallest absolute Gasteiger partial charge is 0.416 e. The molecule has 0 fully saturated rings. The average Bonchev–Trinajstić information content (AvgIpc) is 2.89. The Hall–Kier alpha value is -2.50. The molecule has 0 saturated heterocycles. The molecular formula is C17H16F3NO2. The highest BCUT2D eigenvalue weighted by atomic mass is 19.4. The van der Waals surface area contributed by atoms with E-state index in [2.05, 4.69) is 0 Å². The Morgan fingerprint density at radius 1 is 1.26 bits per heavy atom. The van der Waals surface area contributed by atoms with Gasteiger partial charge in [-0.25, -0.2) is 0 Å². The third kappa shape index (κ3) is 4.74. The molecule has 2 rings (SSSR count). The molecule has 1 aromatic carbocycles. The molecule has 1 heterocycles. The predicted molar refractivity (Wildman–Crippen MR) is 80.4 cm³/mol. The van der Waals surface area contributed by atoms with Crippen LogP contribution in [0.5, 0.6) is 0 Å². The summed E-state index contributed by atoms with van der Waals surface area (Å²) in [5.74, 6) is 0.953. The van der Waals surface area contributed by atoms with Crippen molar-refractivity contribution in [3.63, 3.8) is 0 Å². The van der Waals surface area contributed by atoms with Crippen LogP contribution >= 0.6 is 0 Å². The molecular weight excluding hydrogens is 307 g/mol. The first kappa shape index (κ1) is 16.9. The van der Waals surface area contributed by atoms with Crippen LogP contribution in [-0.4, -0.2) is 17.9 Å². The molecule has 1 amide bonds. The van der Waals surface area contributed by atoms with Crippen molar-refractivity contribution in [3.05, 3.63) is 65.1 Å². The van der Waals surface area contributed by atoms with Crippen molar-refractivity contribution >= 4 is 12.0 Å². The molecule has 0 spiro atoms. The van der Waals surface area contributed by atoms with Gasteiger partial charge in [0.25, 0.3) is 0 Å². The maximum absolute atomic E-state index is 12.7. The van der Waals surface area contributed by atoms with E-state index >= 15 is 0 Å². The van der Waals surface area contributed by atoms with Gasteiger partial charge in [-0.2, -0.15) is 13.2 Å². The summed E-state index contributed by atoms with van der Waals surface area (Å²) < 4.78 is 43.3. The highest BCUT2D eigenvalue weighted by Gasteiger charge is 2.30. The molecule has 0 unspecified atom stereocenters. The monoisotopic (exact) mass is 323 g/mol. The van der Waals surface area contributed by atoms with Crippen molar-refractivity contribution in [1.29, 1.82) is 0 Å². The molecule has 23 heavy (non-hydrogen) atoms. The molecule has 0 aliphatic heterocycles. The number of benzene rings is 1. The van der Waals surface area contributed by atoms with Crippen LogP contribution < -0.4 is 0 Å². The van der Waals surface area contributed by atoms with Crippen molar-refractivity contribution < 1.29 is 22.4 Å². The van der Waals surface area contributed by atoms with E-state index in [9.17, 15) is 18.0 Å². The van der Waals surface area contributed by atoms with Crippen LogP contribution in [0.4, 0.5) is 13.2 Å². The van der Waals surface area contributed by atoms with Crippen molar-refractivity contribution in [2.45, 2.75) is 19.6 Å². The topological polar surface area (TPSA) is 33.5 Å². The van der Waals surface area contributed by atoms with E-state index in [0.29, 0.717) is 11.3 Å². The lowest BCUT2D eigenvalue weighted by atomic mass is 10.1. The second-order valence-corrected chi connectivity index (χ2v) is 5.17. The standard InChI is InChI=1S/C17H16F3NO2/c1-12-6-7-15(23-12)8-9-16(22)21(2)11-13-4-3-5-14(10-13)17(18,19)20/h3-10H,11H2,1-2H3. The lowest BCUT2D eigenvalue weighted by molar-refractivity contribution is -0.137. The SMILES string of the molecule is Cc1ccc(C=CC(=O)N(C)Cc2cccc(C(F)(F)F)c2)o1. The third-order valence-electron chi connectivity index (χ3n) is 3.20. The summed E-state index contributed by atoms with van der Waals surface area (Å²) >= 11 is 0. The Morgan fingerprint density at radius 3 is 2.61 bits per heavy atom. The first-order chi connectivity index (χ1) is 10.8. The highest BCUT2D eigenvalue weighted by Crippen LogP contribution is 2.29. The van der Waals surface area contributed by atoms with Gasteiger partial charge < -0.3 is 9.32 Å².